The van der Waals surface area contributed by atoms with E-state index in [4.69, 9.17) is 4.74 Å². The number of ether oxygens (including phenoxy) is 1. The second kappa shape index (κ2) is 6.66. The third-order valence-electron chi connectivity index (χ3n) is 4.11. The molecule has 5 nitrogen and oxygen atoms in total. The van der Waals surface area contributed by atoms with Gasteiger partial charge in [-0.2, -0.15) is 0 Å². The van der Waals surface area contributed by atoms with Crippen LogP contribution in [0.3, 0.4) is 0 Å². The van der Waals surface area contributed by atoms with Crippen molar-refractivity contribution in [2.45, 2.75) is 6.92 Å². The molecule has 2 aromatic carbocycles. The Morgan fingerprint density at radius 1 is 1.19 bits per heavy atom. The van der Waals surface area contributed by atoms with Gasteiger partial charge in [-0.05, 0) is 36.8 Å². The quantitative estimate of drug-likeness (QED) is 0.502. The Hall–Kier alpha value is -2.51. The molecule has 4 aromatic rings. The first-order valence-electron chi connectivity index (χ1n) is 7.87. The van der Waals surface area contributed by atoms with Gasteiger partial charge in [0.2, 0.25) is 4.96 Å². The minimum Gasteiger partial charge on any atom is -0.496 e. The number of halogens is 1. The number of hydrogen-bond acceptors (Lipinski definition) is 5. The molecule has 0 saturated heterocycles. The summed E-state index contributed by atoms with van der Waals surface area (Å²) in [4.78, 5) is 13.6. The zero-order valence-corrected chi connectivity index (χ0v) is 16.5. The summed E-state index contributed by atoms with van der Waals surface area (Å²) < 4.78 is 8.47. The van der Waals surface area contributed by atoms with Crippen molar-refractivity contribution in [3.8, 4) is 17.1 Å². The van der Waals surface area contributed by atoms with Crippen molar-refractivity contribution >= 4 is 38.3 Å². The van der Waals surface area contributed by atoms with E-state index >= 15 is 0 Å². The first kappa shape index (κ1) is 16.9. The van der Waals surface area contributed by atoms with Gasteiger partial charge >= 0.3 is 0 Å². The molecule has 130 valence electrons. The fraction of sp³-hybridized carbons (Fsp3) is 0.105. The predicted octanol–water partition coefficient (Wildman–Crippen LogP) is 3.45. The van der Waals surface area contributed by atoms with E-state index in [0.29, 0.717) is 21.1 Å². The molecule has 0 spiro atoms. The summed E-state index contributed by atoms with van der Waals surface area (Å²) in [7, 11) is 1.61. The summed E-state index contributed by atoms with van der Waals surface area (Å²) in [5, 5.41) is 8.41. The number of nitrogens with zero attached hydrogens (tertiary/aromatic N) is 3. The number of aryl methyl sites for hydroxylation is 1. The van der Waals surface area contributed by atoms with Crippen molar-refractivity contribution in [2.75, 3.05) is 7.11 Å². The molecule has 0 aliphatic carbocycles. The van der Waals surface area contributed by atoms with Crippen LogP contribution in [0.1, 0.15) is 11.1 Å². The van der Waals surface area contributed by atoms with Crippen LogP contribution >= 0.6 is 27.3 Å². The van der Waals surface area contributed by atoms with Crippen LogP contribution < -0.4 is 14.8 Å². The summed E-state index contributed by atoms with van der Waals surface area (Å²) in [6.07, 6.45) is 1.83. The maximum atomic E-state index is 13.0. The molecule has 0 aliphatic rings. The monoisotopic (exact) mass is 427 g/mol. The van der Waals surface area contributed by atoms with Crippen LogP contribution in [0.25, 0.3) is 22.4 Å². The smallest absolute Gasteiger partial charge is 0.276 e. The van der Waals surface area contributed by atoms with Gasteiger partial charge in [0.15, 0.2) is 5.82 Å². The second-order valence-corrected chi connectivity index (χ2v) is 7.68. The summed E-state index contributed by atoms with van der Waals surface area (Å²) >= 11 is 4.77. The highest BCUT2D eigenvalue weighted by Gasteiger charge is 2.15. The molecule has 2 aromatic heterocycles. The summed E-state index contributed by atoms with van der Waals surface area (Å²) in [6.45, 7) is 1.99. The van der Waals surface area contributed by atoms with Crippen LogP contribution in [0.5, 0.6) is 5.75 Å². The van der Waals surface area contributed by atoms with Crippen molar-refractivity contribution < 1.29 is 4.74 Å². The highest BCUT2D eigenvalue weighted by atomic mass is 79.9. The minimum atomic E-state index is -0.129. The number of fused-ring (bicyclic) bond motifs is 1. The molecule has 2 heterocycles. The number of benzene rings is 2. The Bertz CT molecular complexity index is 1230. The molecule has 0 fully saturated rings. The van der Waals surface area contributed by atoms with Gasteiger partial charge in [0.1, 0.15) is 5.75 Å². The van der Waals surface area contributed by atoms with Gasteiger partial charge in [-0.1, -0.05) is 51.5 Å². The molecule has 0 radical (unpaired) electrons. The van der Waals surface area contributed by atoms with Crippen LogP contribution in [0.2, 0.25) is 0 Å². The molecule has 4 rings (SSSR count). The number of hydrogen-bond donors (Lipinski definition) is 0. The van der Waals surface area contributed by atoms with E-state index in [1.54, 1.807) is 11.5 Å². The second-order valence-electron chi connectivity index (χ2n) is 5.76. The van der Waals surface area contributed by atoms with Crippen LogP contribution in [0.15, 0.2) is 51.7 Å². The SMILES string of the molecule is COc1ccc(Br)cc1C=c1sc2nnc(-c3ccccc3C)n2c1=O. The zero-order valence-electron chi connectivity index (χ0n) is 14.1. The van der Waals surface area contributed by atoms with E-state index in [9.17, 15) is 4.79 Å². The van der Waals surface area contributed by atoms with Gasteiger partial charge < -0.3 is 4.74 Å². The molecule has 0 atom stereocenters. The topological polar surface area (TPSA) is 56.5 Å². The lowest BCUT2D eigenvalue weighted by molar-refractivity contribution is 0.414. The largest absolute Gasteiger partial charge is 0.496 e. The van der Waals surface area contributed by atoms with Crippen molar-refractivity contribution in [1.29, 1.82) is 0 Å². The molecule has 0 amide bonds. The number of methoxy groups -OCH3 is 1. The Kier molecular flexibility index (Phi) is 4.34. The lowest BCUT2D eigenvalue weighted by atomic mass is 10.1. The van der Waals surface area contributed by atoms with Crippen molar-refractivity contribution in [1.82, 2.24) is 14.6 Å². The van der Waals surface area contributed by atoms with Crippen molar-refractivity contribution in [3.05, 3.63) is 73.0 Å². The van der Waals surface area contributed by atoms with Crippen molar-refractivity contribution in [2.24, 2.45) is 0 Å². The first-order chi connectivity index (χ1) is 12.6. The summed E-state index contributed by atoms with van der Waals surface area (Å²) in [6, 6.07) is 13.5. The third-order valence-corrected chi connectivity index (χ3v) is 5.57. The maximum Gasteiger partial charge on any atom is 0.276 e. The van der Waals surface area contributed by atoms with Gasteiger partial charge in [0, 0.05) is 15.6 Å². The maximum absolute atomic E-state index is 13.0. The third kappa shape index (κ3) is 2.83. The number of thiazole rings is 1. The predicted molar refractivity (Wildman–Crippen MR) is 107 cm³/mol. The van der Waals surface area contributed by atoms with Gasteiger partial charge in [-0.15, -0.1) is 10.2 Å². The van der Waals surface area contributed by atoms with Gasteiger partial charge in [0.05, 0.1) is 11.6 Å². The van der Waals surface area contributed by atoms with Crippen LogP contribution in [0, 0.1) is 6.92 Å². The summed E-state index contributed by atoms with van der Waals surface area (Å²) in [5.41, 5.74) is 2.65. The average Bonchev–Trinajstić information content (AvgIpc) is 3.17. The van der Waals surface area contributed by atoms with E-state index in [-0.39, 0.29) is 5.56 Å². The summed E-state index contributed by atoms with van der Waals surface area (Å²) in [5.74, 6) is 1.27. The lowest BCUT2D eigenvalue weighted by Crippen LogP contribution is -2.23. The molecule has 7 heteroatoms. The van der Waals surface area contributed by atoms with Gasteiger partial charge in [-0.3, -0.25) is 4.79 Å². The van der Waals surface area contributed by atoms with Crippen molar-refractivity contribution in [3.63, 3.8) is 0 Å². The van der Waals surface area contributed by atoms with Gasteiger partial charge in [-0.25, -0.2) is 4.40 Å². The Morgan fingerprint density at radius 3 is 2.77 bits per heavy atom. The molecule has 0 saturated carbocycles. The van der Waals surface area contributed by atoms with Crippen LogP contribution in [0.4, 0.5) is 0 Å². The molecule has 0 N–H and O–H groups in total. The number of aromatic nitrogens is 3. The van der Waals surface area contributed by atoms with E-state index < -0.39 is 0 Å². The average molecular weight is 428 g/mol. The fourth-order valence-corrected chi connectivity index (χ4v) is 4.10. The molecule has 0 aliphatic heterocycles. The molecule has 0 unspecified atom stereocenters. The molecule has 26 heavy (non-hydrogen) atoms. The van der Waals surface area contributed by atoms with Crippen LogP contribution in [-0.2, 0) is 0 Å². The Labute approximate surface area is 161 Å². The van der Waals surface area contributed by atoms with Crippen LogP contribution in [-0.4, -0.2) is 21.7 Å². The normalized spacial score (nSPS) is 12.0. The van der Waals surface area contributed by atoms with E-state index in [0.717, 1.165) is 21.2 Å². The lowest BCUT2D eigenvalue weighted by Gasteiger charge is -2.04. The molecule has 0 bridgehead atoms. The Morgan fingerprint density at radius 2 is 2.00 bits per heavy atom. The van der Waals surface area contributed by atoms with Gasteiger partial charge in [0.25, 0.3) is 5.56 Å². The highest BCUT2D eigenvalue weighted by molar-refractivity contribution is 9.10. The standard InChI is InChI=1S/C19H14BrN3O2S/c1-11-5-3-4-6-14(11)17-21-22-19-23(17)18(24)16(26-19)10-12-9-13(20)7-8-15(12)25-2/h3-10H,1-2H3. The van der Waals surface area contributed by atoms with E-state index in [1.807, 2.05) is 55.5 Å². The zero-order chi connectivity index (χ0) is 18.3. The highest BCUT2D eigenvalue weighted by Crippen LogP contribution is 2.24. The molecular formula is C19H14BrN3O2S. The number of rotatable bonds is 3. The Balaban J connectivity index is 1.95. The van der Waals surface area contributed by atoms with E-state index in [2.05, 4.69) is 26.1 Å². The fourth-order valence-electron chi connectivity index (χ4n) is 2.82. The molecular weight excluding hydrogens is 414 g/mol. The first-order valence-corrected chi connectivity index (χ1v) is 9.48. The van der Waals surface area contributed by atoms with E-state index in [1.165, 1.54) is 11.3 Å². The minimum absolute atomic E-state index is 0.129.